The number of benzene rings is 2. The first kappa shape index (κ1) is 13.8. The molecule has 0 aliphatic carbocycles. The SMILES string of the molecule is CCOc1ccccc1Oc1c(F)cc(C#N)cc1F. The molecule has 0 heterocycles. The van der Waals surface area contributed by atoms with Gasteiger partial charge in [-0.05, 0) is 31.2 Å². The number of hydrogen-bond donors (Lipinski definition) is 0. The summed E-state index contributed by atoms with van der Waals surface area (Å²) in [5.74, 6) is -1.84. The first-order chi connectivity index (χ1) is 9.65. The van der Waals surface area contributed by atoms with Crippen molar-refractivity contribution in [1.82, 2.24) is 0 Å². The smallest absolute Gasteiger partial charge is 0.198 e. The van der Waals surface area contributed by atoms with E-state index in [0.29, 0.717) is 12.4 Å². The molecule has 0 aliphatic rings. The number of nitriles is 1. The minimum absolute atomic E-state index is 0.106. The summed E-state index contributed by atoms with van der Waals surface area (Å²) in [4.78, 5) is 0. The number of hydrogen-bond acceptors (Lipinski definition) is 3. The van der Waals surface area contributed by atoms with Gasteiger partial charge in [0.2, 0.25) is 0 Å². The molecule has 0 N–H and O–H groups in total. The Morgan fingerprint density at radius 1 is 1.10 bits per heavy atom. The van der Waals surface area contributed by atoms with Crippen LogP contribution in [0.1, 0.15) is 12.5 Å². The van der Waals surface area contributed by atoms with Crippen molar-refractivity contribution in [1.29, 1.82) is 5.26 Å². The van der Waals surface area contributed by atoms with Crippen molar-refractivity contribution in [3.63, 3.8) is 0 Å². The molecule has 0 unspecified atom stereocenters. The van der Waals surface area contributed by atoms with Crippen LogP contribution in [0.4, 0.5) is 8.78 Å². The number of nitrogens with zero attached hydrogens (tertiary/aromatic N) is 1. The van der Waals surface area contributed by atoms with Gasteiger partial charge in [0.15, 0.2) is 28.9 Å². The molecular weight excluding hydrogens is 264 g/mol. The highest BCUT2D eigenvalue weighted by Crippen LogP contribution is 2.34. The van der Waals surface area contributed by atoms with E-state index in [-0.39, 0.29) is 11.3 Å². The molecule has 3 nitrogen and oxygen atoms in total. The fourth-order valence-electron chi connectivity index (χ4n) is 1.64. The second kappa shape index (κ2) is 6.02. The molecule has 0 atom stereocenters. The fraction of sp³-hybridized carbons (Fsp3) is 0.133. The third-order valence-corrected chi connectivity index (χ3v) is 2.49. The maximum absolute atomic E-state index is 13.7. The van der Waals surface area contributed by atoms with Crippen LogP contribution in [0.15, 0.2) is 36.4 Å². The quantitative estimate of drug-likeness (QED) is 0.846. The molecule has 0 aliphatic heterocycles. The molecule has 0 saturated carbocycles. The van der Waals surface area contributed by atoms with Gasteiger partial charge < -0.3 is 9.47 Å². The van der Waals surface area contributed by atoms with Crippen molar-refractivity contribution in [3.8, 4) is 23.3 Å². The summed E-state index contributed by atoms with van der Waals surface area (Å²) in [7, 11) is 0. The van der Waals surface area contributed by atoms with Crippen LogP contribution in [0.25, 0.3) is 0 Å². The Hall–Kier alpha value is -2.61. The highest BCUT2D eigenvalue weighted by Gasteiger charge is 2.15. The maximum Gasteiger partial charge on any atom is 0.198 e. The van der Waals surface area contributed by atoms with E-state index in [1.165, 1.54) is 0 Å². The summed E-state index contributed by atoms with van der Waals surface area (Å²) in [6.45, 7) is 2.19. The Labute approximate surface area is 115 Å². The summed E-state index contributed by atoms with van der Waals surface area (Å²) in [5, 5.41) is 8.64. The number of halogens is 2. The molecular formula is C15H11F2NO2. The monoisotopic (exact) mass is 275 g/mol. The lowest BCUT2D eigenvalue weighted by molar-refractivity contribution is 0.315. The van der Waals surface area contributed by atoms with Crippen LogP contribution >= 0.6 is 0 Å². The van der Waals surface area contributed by atoms with Gasteiger partial charge in [-0.25, -0.2) is 8.78 Å². The zero-order chi connectivity index (χ0) is 14.5. The van der Waals surface area contributed by atoms with Gasteiger partial charge in [0.05, 0.1) is 18.2 Å². The molecule has 0 aromatic heterocycles. The van der Waals surface area contributed by atoms with Crippen LogP contribution in [0, 0.1) is 23.0 Å². The largest absolute Gasteiger partial charge is 0.490 e. The molecule has 0 bridgehead atoms. The first-order valence-electron chi connectivity index (χ1n) is 5.94. The van der Waals surface area contributed by atoms with Crippen LogP contribution in [0.2, 0.25) is 0 Å². The van der Waals surface area contributed by atoms with Gasteiger partial charge in [-0.1, -0.05) is 12.1 Å². The molecule has 2 aromatic rings. The van der Waals surface area contributed by atoms with E-state index in [0.717, 1.165) is 12.1 Å². The van der Waals surface area contributed by atoms with Crippen LogP contribution in [0.5, 0.6) is 17.2 Å². The average molecular weight is 275 g/mol. The second-order valence-corrected chi connectivity index (χ2v) is 3.86. The lowest BCUT2D eigenvalue weighted by Crippen LogP contribution is -1.98. The van der Waals surface area contributed by atoms with E-state index in [1.54, 1.807) is 37.3 Å². The number of ether oxygens (including phenoxy) is 2. The molecule has 0 amide bonds. The lowest BCUT2D eigenvalue weighted by atomic mass is 10.2. The van der Waals surface area contributed by atoms with Gasteiger partial charge in [0.1, 0.15) is 0 Å². The van der Waals surface area contributed by atoms with Crippen LogP contribution < -0.4 is 9.47 Å². The van der Waals surface area contributed by atoms with Crippen molar-refractivity contribution in [2.24, 2.45) is 0 Å². The highest BCUT2D eigenvalue weighted by molar-refractivity contribution is 5.45. The molecule has 0 spiro atoms. The summed E-state index contributed by atoms with van der Waals surface area (Å²) < 4.78 is 38.0. The van der Waals surface area contributed by atoms with Gasteiger partial charge in [0.25, 0.3) is 0 Å². The molecule has 20 heavy (non-hydrogen) atoms. The normalized spacial score (nSPS) is 9.90. The zero-order valence-corrected chi connectivity index (χ0v) is 10.7. The Balaban J connectivity index is 2.38. The highest BCUT2D eigenvalue weighted by atomic mass is 19.1. The summed E-state index contributed by atoms with van der Waals surface area (Å²) in [6.07, 6.45) is 0. The topological polar surface area (TPSA) is 42.2 Å². The fourth-order valence-corrected chi connectivity index (χ4v) is 1.64. The molecule has 102 valence electrons. The van der Waals surface area contributed by atoms with E-state index in [9.17, 15) is 8.78 Å². The van der Waals surface area contributed by atoms with E-state index in [1.807, 2.05) is 0 Å². The summed E-state index contributed by atoms with van der Waals surface area (Å²) in [5.41, 5.74) is -0.106. The Kier molecular flexibility index (Phi) is 4.16. The first-order valence-corrected chi connectivity index (χ1v) is 5.94. The summed E-state index contributed by atoms with van der Waals surface area (Å²) >= 11 is 0. The van der Waals surface area contributed by atoms with Crippen molar-refractivity contribution >= 4 is 0 Å². The average Bonchev–Trinajstić information content (AvgIpc) is 2.44. The van der Waals surface area contributed by atoms with Crippen LogP contribution in [-0.4, -0.2) is 6.61 Å². The van der Waals surface area contributed by atoms with Crippen molar-refractivity contribution in [2.75, 3.05) is 6.61 Å². The third-order valence-electron chi connectivity index (χ3n) is 2.49. The Bertz CT molecular complexity index is 642. The second-order valence-electron chi connectivity index (χ2n) is 3.86. The lowest BCUT2D eigenvalue weighted by Gasteiger charge is -2.12. The predicted molar refractivity (Wildman–Crippen MR) is 68.8 cm³/mol. The summed E-state index contributed by atoms with van der Waals surface area (Å²) in [6, 6.07) is 10.1. The molecule has 0 saturated heterocycles. The Morgan fingerprint density at radius 2 is 1.70 bits per heavy atom. The van der Waals surface area contributed by atoms with Gasteiger partial charge in [-0.3, -0.25) is 0 Å². The van der Waals surface area contributed by atoms with E-state index in [4.69, 9.17) is 14.7 Å². The zero-order valence-electron chi connectivity index (χ0n) is 10.7. The van der Waals surface area contributed by atoms with Crippen molar-refractivity contribution < 1.29 is 18.3 Å². The molecule has 0 fully saturated rings. The molecule has 2 rings (SSSR count). The van der Waals surface area contributed by atoms with E-state index >= 15 is 0 Å². The standard InChI is InChI=1S/C15H11F2NO2/c1-2-19-13-5-3-4-6-14(13)20-15-11(16)7-10(9-18)8-12(15)17/h3-8H,2H2,1H3. The predicted octanol–water partition coefficient (Wildman–Crippen LogP) is 4.03. The van der Waals surface area contributed by atoms with Crippen molar-refractivity contribution in [3.05, 3.63) is 53.6 Å². The van der Waals surface area contributed by atoms with Crippen LogP contribution in [0.3, 0.4) is 0 Å². The van der Waals surface area contributed by atoms with E-state index < -0.39 is 17.4 Å². The Morgan fingerprint density at radius 3 is 2.25 bits per heavy atom. The molecule has 5 heteroatoms. The van der Waals surface area contributed by atoms with Crippen LogP contribution in [-0.2, 0) is 0 Å². The number of para-hydroxylation sites is 2. The van der Waals surface area contributed by atoms with Gasteiger partial charge in [0, 0.05) is 0 Å². The van der Waals surface area contributed by atoms with E-state index in [2.05, 4.69) is 0 Å². The number of rotatable bonds is 4. The molecule has 2 aromatic carbocycles. The third kappa shape index (κ3) is 2.86. The van der Waals surface area contributed by atoms with Gasteiger partial charge in [-0.2, -0.15) is 5.26 Å². The maximum atomic E-state index is 13.7. The molecule has 0 radical (unpaired) electrons. The van der Waals surface area contributed by atoms with Gasteiger partial charge in [-0.15, -0.1) is 0 Å². The minimum Gasteiger partial charge on any atom is -0.490 e. The van der Waals surface area contributed by atoms with Gasteiger partial charge >= 0.3 is 0 Å². The minimum atomic E-state index is -0.937. The van der Waals surface area contributed by atoms with Crippen molar-refractivity contribution in [2.45, 2.75) is 6.92 Å².